The number of methoxy groups -OCH3 is 1. The normalized spacial score (nSPS) is 43.9. The van der Waals surface area contributed by atoms with E-state index in [-0.39, 0.29) is 28.6 Å². The van der Waals surface area contributed by atoms with Gasteiger partial charge in [0.1, 0.15) is 5.78 Å². The molecule has 4 heteroatoms. The zero-order valence-electron chi connectivity index (χ0n) is 19.0. The lowest BCUT2D eigenvalue weighted by Crippen LogP contribution is -2.55. The van der Waals surface area contributed by atoms with Gasteiger partial charge in [0.15, 0.2) is 0 Å². The first-order valence-electron chi connectivity index (χ1n) is 11.4. The van der Waals surface area contributed by atoms with E-state index >= 15 is 0 Å². The predicted octanol–water partition coefficient (Wildman–Crippen LogP) is 4.78. The van der Waals surface area contributed by atoms with E-state index in [9.17, 15) is 14.7 Å². The van der Waals surface area contributed by atoms with Crippen molar-refractivity contribution in [2.45, 2.75) is 71.8 Å². The molecule has 7 atom stereocenters. The smallest absolute Gasteiger partial charge is 0.330 e. The number of Topliss-reactive ketones (excluding diaryl/α,β-unsaturated/α-hetero) is 1. The zero-order valence-corrected chi connectivity index (χ0v) is 19.0. The maximum Gasteiger partial charge on any atom is 0.330 e. The second-order valence-corrected chi connectivity index (χ2v) is 10.9. The average Bonchev–Trinajstić information content (AvgIpc) is 3.02. The van der Waals surface area contributed by atoms with Crippen LogP contribution in [0.2, 0.25) is 0 Å². The Bertz CT molecular complexity index is 847. The molecule has 0 heterocycles. The summed E-state index contributed by atoms with van der Waals surface area (Å²) < 4.78 is 4.74. The van der Waals surface area contributed by atoms with Crippen LogP contribution < -0.4 is 0 Å². The summed E-state index contributed by atoms with van der Waals surface area (Å²) in [5.74, 6) is 1.05. The average molecular weight is 413 g/mol. The van der Waals surface area contributed by atoms with Crippen molar-refractivity contribution in [3.63, 3.8) is 0 Å². The molecule has 4 nitrogen and oxygen atoms in total. The van der Waals surface area contributed by atoms with E-state index in [0.717, 1.165) is 25.7 Å². The summed E-state index contributed by atoms with van der Waals surface area (Å²) >= 11 is 0. The first kappa shape index (κ1) is 21.5. The molecule has 2 unspecified atom stereocenters. The van der Waals surface area contributed by atoms with E-state index in [4.69, 9.17) is 4.74 Å². The third-order valence-electron chi connectivity index (χ3n) is 8.93. The number of rotatable bonds is 3. The van der Waals surface area contributed by atoms with Crippen molar-refractivity contribution >= 4 is 11.8 Å². The number of hydrogen-bond donors (Lipinski definition) is 1. The highest BCUT2D eigenvalue weighted by Gasteiger charge is 2.60. The van der Waals surface area contributed by atoms with Crippen LogP contribution in [0.15, 0.2) is 35.5 Å². The molecule has 2 saturated carbocycles. The van der Waals surface area contributed by atoms with Gasteiger partial charge in [-0.25, -0.2) is 4.79 Å². The third kappa shape index (κ3) is 3.23. The van der Waals surface area contributed by atoms with Crippen LogP contribution in [-0.4, -0.2) is 29.6 Å². The van der Waals surface area contributed by atoms with Crippen molar-refractivity contribution in [2.75, 3.05) is 7.11 Å². The van der Waals surface area contributed by atoms with Crippen molar-refractivity contribution in [3.8, 4) is 0 Å². The summed E-state index contributed by atoms with van der Waals surface area (Å²) in [7, 11) is 1.39. The van der Waals surface area contributed by atoms with Crippen molar-refractivity contribution in [1.82, 2.24) is 0 Å². The van der Waals surface area contributed by atoms with Crippen LogP contribution in [0, 0.1) is 34.5 Å². The molecule has 0 aliphatic heterocycles. The van der Waals surface area contributed by atoms with Crippen LogP contribution in [0.5, 0.6) is 0 Å². The molecule has 0 aromatic carbocycles. The van der Waals surface area contributed by atoms with E-state index in [2.05, 4.69) is 32.9 Å². The number of esters is 1. The van der Waals surface area contributed by atoms with Crippen LogP contribution in [-0.2, 0) is 14.3 Å². The fourth-order valence-electron chi connectivity index (χ4n) is 7.34. The Morgan fingerprint density at radius 1 is 1.17 bits per heavy atom. The highest BCUT2D eigenvalue weighted by molar-refractivity contribution is 5.86. The molecule has 4 rings (SSSR count). The van der Waals surface area contributed by atoms with Crippen LogP contribution in [0.25, 0.3) is 0 Å². The Kier molecular flexibility index (Phi) is 5.16. The largest absolute Gasteiger partial charge is 0.466 e. The van der Waals surface area contributed by atoms with Crippen molar-refractivity contribution < 1.29 is 19.4 Å². The molecule has 4 aliphatic rings. The monoisotopic (exact) mass is 412 g/mol. The van der Waals surface area contributed by atoms with Gasteiger partial charge in [-0.15, -0.1) is 0 Å². The summed E-state index contributed by atoms with van der Waals surface area (Å²) in [6.07, 6.45) is 13.0. The minimum atomic E-state index is -0.645. The molecule has 0 spiro atoms. The third-order valence-corrected chi connectivity index (χ3v) is 8.93. The number of ketones is 1. The number of carbonyl (C=O) groups is 2. The number of aliphatic hydroxyl groups is 1. The Morgan fingerprint density at radius 2 is 1.90 bits per heavy atom. The van der Waals surface area contributed by atoms with Crippen molar-refractivity contribution in [2.24, 2.45) is 34.5 Å². The topological polar surface area (TPSA) is 63.6 Å². The summed E-state index contributed by atoms with van der Waals surface area (Å²) in [4.78, 5) is 25.2. The van der Waals surface area contributed by atoms with E-state index in [0.29, 0.717) is 30.5 Å². The molecule has 1 N–H and O–H groups in total. The predicted molar refractivity (Wildman–Crippen MR) is 117 cm³/mol. The van der Waals surface area contributed by atoms with E-state index in [1.807, 2.05) is 13.0 Å². The first-order valence-corrected chi connectivity index (χ1v) is 11.4. The van der Waals surface area contributed by atoms with Gasteiger partial charge in [-0.3, -0.25) is 4.79 Å². The van der Waals surface area contributed by atoms with Gasteiger partial charge in [0.25, 0.3) is 0 Å². The zero-order chi connectivity index (χ0) is 21.9. The number of allylic oxidation sites excluding steroid dienone is 4. The Balaban J connectivity index is 1.62. The quantitative estimate of drug-likeness (QED) is 0.412. The van der Waals surface area contributed by atoms with E-state index in [1.165, 1.54) is 24.3 Å². The summed E-state index contributed by atoms with van der Waals surface area (Å²) in [6.45, 7) is 8.57. The molecule has 0 saturated heterocycles. The minimum absolute atomic E-state index is 0.0698. The lowest BCUT2D eigenvalue weighted by molar-refractivity contribution is -0.143. The number of fused-ring (bicyclic) bond motifs is 5. The van der Waals surface area contributed by atoms with Gasteiger partial charge < -0.3 is 9.84 Å². The van der Waals surface area contributed by atoms with Crippen LogP contribution in [0.1, 0.15) is 66.2 Å². The molecule has 0 amide bonds. The summed E-state index contributed by atoms with van der Waals surface area (Å²) in [6, 6.07) is 0. The first-order chi connectivity index (χ1) is 14.0. The van der Waals surface area contributed by atoms with Gasteiger partial charge in [0.05, 0.1) is 12.7 Å². The van der Waals surface area contributed by atoms with E-state index in [1.54, 1.807) is 0 Å². The van der Waals surface area contributed by atoms with Gasteiger partial charge >= 0.3 is 5.97 Å². The fraction of sp³-hybridized carbons (Fsp3) is 0.692. The SMILES string of the molecule is COC(=O)/C=C/[C@@H](C)C1=CC[C@H]2C3CC=C4C[C@@](C)(O)CC[C@]4(C)[C@H]3C(=O)CC12C. The minimum Gasteiger partial charge on any atom is -0.466 e. The Labute approximate surface area is 180 Å². The van der Waals surface area contributed by atoms with Crippen LogP contribution >= 0.6 is 0 Å². The molecule has 164 valence electrons. The number of ether oxygens (including phenoxy) is 1. The van der Waals surface area contributed by atoms with Gasteiger partial charge in [-0.2, -0.15) is 0 Å². The van der Waals surface area contributed by atoms with Gasteiger partial charge in [-0.1, -0.05) is 50.1 Å². The molecule has 4 aliphatic carbocycles. The Hall–Kier alpha value is -1.68. The van der Waals surface area contributed by atoms with Crippen LogP contribution in [0.3, 0.4) is 0 Å². The van der Waals surface area contributed by atoms with Gasteiger partial charge in [-0.05, 0) is 67.6 Å². The number of hydrogen-bond acceptors (Lipinski definition) is 4. The highest BCUT2D eigenvalue weighted by Crippen LogP contribution is 2.65. The molecular weight excluding hydrogens is 376 g/mol. The molecule has 0 bridgehead atoms. The molecule has 30 heavy (non-hydrogen) atoms. The fourth-order valence-corrected chi connectivity index (χ4v) is 7.34. The lowest BCUT2D eigenvalue weighted by atomic mass is 9.46. The summed E-state index contributed by atoms with van der Waals surface area (Å²) in [5.41, 5.74) is 1.71. The summed E-state index contributed by atoms with van der Waals surface area (Å²) in [5, 5.41) is 10.6. The van der Waals surface area contributed by atoms with Crippen molar-refractivity contribution in [3.05, 3.63) is 35.5 Å². The number of carbonyl (C=O) groups excluding carboxylic acids is 2. The molecule has 0 aromatic rings. The maximum atomic E-state index is 13.7. The molecule has 2 fully saturated rings. The second kappa shape index (κ2) is 7.19. The standard InChI is InChI=1S/C26H36O4/c1-16(6-11-22(28)30-5)19-9-10-20-18-8-7-17-14-24(2,29)12-13-25(17,3)23(18)21(27)15-26(19,20)4/h6-7,9,11,16,18,20,23,29H,8,10,12-15H2,1-5H3/b11-6+/t16-,18?,20+,23-,24+,25+,26?/m1/s1. The lowest BCUT2D eigenvalue weighted by Gasteiger charge is -2.57. The van der Waals surface area contributed by atoms with E-state index < -0.39 is 5.60 Å². The van der Waals surface area contributed by atoms with Gasteiger partial charge in [0.2, 0.25) is 0 Å². The van der Waals surface area contributed by atoms with Crippen LogP contribution in [0.4, 0.5) is 0 Å². The molecule has 0 aromatic heterocycles. The molecular formula is C26H36O4. The highest BCUT2D eigenvalue weighted by atomic mass is 16.5. The van der Waals surface area contributed by atoms with Gasteiger partial charge in [0, 0.05) is 18.4 Å². The Morgan fingerprint density at radius 3 is 2.60 bits per heavy atom. The maximum absolute atomic E-state index is 13.7. The molecule has 0 radical (unpaired) electrons. The second-order valence-electron chi connectivity index (χ2n) is 10.9. The van der Waals surface area contributed by atoms with Crippen molar-refractivity contribution in [1.29, 1.82) is 0 Å².